The fraction of sp³-hybridized carbons (Fsp3) is 0.200. The summed E-state index contributed by atoms with van der Waals surface area (Å²) >= 11 is 0. The van der Waals surface area contributed by atoms with E-state index in [2.05, 4.69) is 20.6 Å². The number of primary amides is 1. The molecule has 1 amide bonds. The molecule has 1 aromatic heterocycles. The molecule has 5 N–H and O–H groups in total. The van der Waals surface area contributed by atoms with Gasteiger partial charge in [0.05, 0.1) is 0 Å². The third-order valence-electron chi connectivity index (χ3n) is 4.31. The number of benzene rings is 2. The summed E-state index contributed by atoms with van der Waals surface area (Å²) in [5.74, 6) is -0.0491. The summed E-state index contributed by atoms with van der Waals surface area (Å²) in [6.07, 6.45) is 2.62. The summed E-state index contributed by atoms with van der Waals surface area (Å²) in [5, 5.41) is 7.32. The van der Waals surface area contributed by atoms with E-state index in [4.69, 9.17) is 5.73 Å². The van der Waals surface area contributed by atoms with Crippen molar-refractivity contribution in [2.45, 2.75) is 13.0 Å². The van der Waals surface area contributed by atoms with Crippen molar-refractivity contribution in [2.75, 3.05) is 13.6 Å². The molecule has 8 heteroatoms. The van der Waals surface area contributed by atoms with Crippen LogP contribution in [-0.4, -0.2) is 30.4 Å². The van der Waals surface area contributed by atoms with Gasteiger partial charge in [0.15, 0.2) is 5.96 Å². The Balaban J connectivity index is 0.00000280. The average Bonchev–Trinajstić information content (AvgIpc) is 3.06. The zero-order valence-corrected chi connectivity index (χ0v) is 17.8. The van der Waals surface area contributed by atoms with Gasteiger partial charge in [-0.05, 0) is 47.9 Å². The van der Waals surface area contributed by atoms with Gasteiger partial charge in [-0.25, -0.2) is 4.39 Å². The van der Waals surface area contributed by atoms with Gasteiger partial charge >= 0.3 is 0 Å². The molecule has 3 rings (SSSR count). The molecular formula is C20H23FIN5O. The maximum absolute atomic E-state index is 13.5. The van der Waals surface area contributed by atoms with E-state index in [1.54, 1.807) is 37.4 Å². The number of nitrogens with one attached hydrogen (secondary N) is 3. The molecule has 0 aliphatic rings. The van der Waals surface area contributed by atoms with Crippen LogP contribution in [-0.2, 0) is 13.0 Å². The summed E-state index contributed by atoms with van der Waals surface area (Å²) in [5.41, 5.74) is 8.67. The maximum Gasteiger partial charge on any atom is 0.248 e. The quantitative estimate of drug-likeness (QED) is 0.241. The minimum Gasteiger partial charge on any atom is -0.366 e. The first-order chi connectivity index (χ1) is 13.1. The van der Waals surface area contributed by atoms with Crippen LogP contribution in [0.4, 0.5) is 4.39 Å². The molecule has 0 aliphatic carbocycles. The van der Waals surface area contributed by atoms with Gasteiger partial charge in [0.1, 0.15) is 5.82 Å². The molecule has 0 radical (unpaired) electrons. The van der Waals surface area contributed by atoms with Gasteiger partial charge in [-0.3, -0.25) is 9.79 Å². The molecule has 0 aliphatic heterocycles. The minimum absolute atomic E-state index is 0. The molecule has 0 unspecified atom stereocenters. The van der Waals surface area contributed by atoms with Crippen LogP contribution < -0.4 is 16.4 Å². The fourth-order valence-corrected chi connectivity index (χ4v) is 2.91. The van der Waals surface area contributed by atoms with Crippen LogP contribution in [0.1, 0.15) is 21.5 Å². The highest BCUT2D eigenvalue weighted by atomic mass is 127. The van der Waals surface area contributed by atoms with E-state index in [9.17, 15) is 9.18 Å². The molecule has 2 aromatic carbocycles. The lowest BCUT2D eigenvalue weighted by molar-refractivity contribution is 0.1000. The van der Waals surface area contributed by atoms with Gasteiger partial charge < -0.3 is 21.4 Å². The van der Waals surface area contributed by atoms with Crippen molar-refractivity contribution in [3.8, 4) is 0 Å². The van der Waals surface area contributed by atoms with Crippen LogP contribution in [0.3, 0.4) is 0 Å². The Morgan fingerprint density at radius 2 is 2.04 bits per heavy atom. The second-order valence-electron chi connectivity index (χ2n) is 6.17. The van der Waals surface area contributed by atoms with Crippen LogP contribution >= 0.6 is 24.0 Å². The number of hydrogen-bond donors (Lipinski definition) is 4. The first kappa shape index (κ1) is 21.7. The number of fused-ring (bicyclic) bond motifs is 1. The zero-order valence-electron chi connectivity index (χ0n) is 15.5. The number of nitrogens with zero attached hydrogens (tertiary/aromatic N) is 1. The number of hydrogen-bond acceptors (Lipinski definition) is 2. The number of halogens is 2. The normalized spacial score (nSPS) is 11.1. The monoisotopic (exact) mass is 495 g/mol. The number of carbonyl (C=O) groups excluding carboxylic acids is 1. The molecule has 1 heterocycles. The lowest BCUT2D eigenvalue weighted by Crippen LogP contribution is -2.37. The molecule has 0 spiro atoms. The molecule has 148 valence electrons. The summed E-state index contributed by atoms with van der Waals surface area (Å²) in [7, 11) is 1.69. The Morgan fingerprint density at radius 1 is 1.21 bits per heavy atom. The highest BCUT2D eigenvalue weighted by molar-refractivity contribution is 14.0. The van der Waals surface area contributed by atoms with Crippen molar-refractivity contribution in [1.29, 1.82) is 0 Å². The average molecular weight is 495 g/mol. The van der Waals surface area contributed by atoms with Crippen LogP contribution in [0.5, 0.6) is 0 Å². The highest BCUT2D eigenvalue weighted by Crippen LogP contribution is 2.19. The molecular weight excluding hydrogens is 472 g/mol. The number of rotatable bonds is 6. The first-order valence-electron chi connectivity index (χ1n) is 8.65. The maximum atomic E-state index is 13.5. The van der Waals surface area contributed by atoms with Gasteiger partial charge in [-0.15, -0.1) is 24.0 Å². The Labute approximate surface area is 179 Å². The second-order valence-corrected chi connectivity index (χ2v) is 6.17. The molecule has 28 heavy (non-hydrogen) atoms. The Bertz CT molecular complexity index is 986. The molecule has 0 atom stereocenters. The van der Waals surface area contributed by atoms with Gasteiger partial charge in [0, 0.05) is 42.8 Å². The van der Waals surface area contributed by atoms with Gasteiger partial charge in [-0.2, -0.15) is 0 Å². The Hall–Kier alpha value is -2.62. The van der Waals surface area contributed by atoms with Crippen LogP contribution in [0.25, 0.3) is 10.9 Å². The van der Waals surface area contributed by atoms with Gasteiger partial charge in [0.25, 0.3) is 0 Å². The van der Waals surface area contributed by atoms with E-state index in [0.717, 1.165) is 28.5 Å². The van der Waals surface area contributed by atoms with Crippen LogP contribution in [0.2, 0.25) is 0 Å². The fourth-order valence-electron chi connectivity index (χ4n) is 2.91. The van der Waals surface area contributed by atoms with Crippen molar-refractivity contribution >= 4 is 46.7 Å². The molecule has 0 saturated carbocycles. The number of H-pyrrole nitrogens is 1. The SMILES string of the molecule is CN=C(NCCc1c[nH]c2ccc(F)cc12)NCc1cccc(C(N)=O)c1.I. The topological polar surface area (TPSA) is 95.3 Å². The van der Waals surface area contributed by atoms with Crippen molar-refractivity contribution in [3.63, 3.8) is 0 Å². The highest BCUT2D eigenvalue weighted by Gasteiger charge is 2.06. The molecule has 6 nitrogen and oxygen atoms in total. The van der Waals surface area contributed by atoms with Crippen molar-refractivity contribution in [1.82, 2.24) is 15.6 Å². The Morgan fingerprint density at radius 3 is 2.79 bits per heavy atom. The smallest absolute Gasteiger partial charge is 0.248 e. The number of amides is 1. The molecule has 3 aromatic rings. The van der Waals surface area contributed by atoms with E-state index < -0.39 is 5.91 Å². The van der Waals surface area contributed by atoms with Crippen molar-refractivity contribution in [3.05, 3.63) is 71.2 Å². The first-order valence-corrected chi connectivity index (χ1v) is 8.65. The second kappa shape index (κ2) is 10.1. The number of nitrogens with two attached hydrogens (primary N) is 1. The predicted octanol–water partition coefficient (Wildman–Crippen LogP) is 2.93. The predicted molar refractivity (Wildman–Crippen MR) is 121 cm³/mol. The molecule has 0 fully saturated rings. The molecule has 0 saturated heterocycles. The van der Waals surface area contributed by atoms with Crippen molar-refractivity contribution in [2.24, 2.45) is 10.7 Å². The lowest BCUT2D eigenvalue weighted by Gasteiger charge is -2.12. The van der Waals surface area contributed by atoms with E-state index in [1.165, 1.54) is 6.07 Å². The van der Waals surface area contributed by atoms with E-state index in [0.29, 0.717) is 24.6 Å². The third-order valence-corrected chi connectivity index (χ3v) is 4.31. The van der Waals surface area contributed by atoms with Crippen molar-refractivity contribution < 1.29 is 9.18 Å². The number of aromatic nitrogens is 1. The number of guanidine groups is 1. The number of aliphatic imine (C=N–C) groups is 1. The summed E-state index contributed by atoms with van der Waals surface area (Å²) < 4.78 is 13.5. The summed E-state index contributed by atoms with van der Waals surface area (Å²) in [6.45, 7) is 1.16. The minimum atomic E-state index is -0.450. The zero-order chi connectivity index (χ0) is 19.2. The Kier molecular flexibility index (Phi) is 7.80. The van der Waals surface area contributed by atoms with E-state index >= 15 is 0 Å². The van der Waals surface area contributed by atoms with Crippen LogP contribution in [0.15, 0.2) is 53.7 Å². The van der Waals surface area contributed by atoms with Gasteiger partial charge in [0.2, 0.25) is 5.91 Å². The number of aromatic amines is 1. The summed E-state index contributed by atoms with van der Waals surface area (Å²) in [4.78, 5) is 18.6. The van der Waals surface area contributed by atoms with Gasteiger partial charge in [-0.1, -0.05) is 12.1 Å². The van der Waals surface area contributed by atoms with Crippen LogP contribution in [0, 0.1) is 5.82 Å². The third kappa shape index (κ3) is 5.44. The van der Waals surface area contributed by atoms with E-state index in [-0.39, 0.29) is 29.8 Å². The standard InChI is InChI=1S/C20H22FN5O.HI/c1-23-20(26-11-13-3-2-4-14(9-13)19(22)27)24-8-7-15-12-25-18-6-5-16(21)10-17(15)18;/h2-6,9-10,12,25H,7-8,11H2,1H3,(H2,22,27)(H2,23,24,26);1H. The lowest BCUT2D eigenvalue weighted by atomic mass is 10.1. The largest absolute Gasteiger partial charge is 0.366 e. The number of carbonyl (C=O) groups is 1. The summed E-state index contributed by atoms with van der Waals surface area (Å²) in [6, 6.07) is 11.9. The van der Waals surface area contributed by atoms with E-state index in [1.807, 2.05) is 12.3 Å². The molecule has 0 bridgehead atoms.